The number of amides is 1. The summed E-state index contributed by atoms with van der Waals surface area (Å²) in [5, 5.41) is 3.48. The average Bonchev–Trinajstić information content (AvgIpc) is 3.17. The van der Waals surface area contributed by atoms with Gasteiger partial charge in [0.1, 0.15) is 6.61 Å². The van der Waals surface area contributed by atoms with Gasteiger partial charge in [-0.3, -0.25) is 4.79 Å². The van der Waals surface area contributed by atoms with Gasteiger partial charge >= 0.3 is 6.09 Å². The smallest absolute Gasteiger partial charge is 0.407 e. The van der Waals surface area contributed by atoms with Crippen molar-refractivity contribution in [3.63, 3.8) is 0 Å². The minimum atomic E-state index is -0.417. The summed E-state index contributed by atoms with van der Waals surface area (Å²) in [7, 11) is 0. The molecule has 5 heteroatoms. The number of rotatable bonds is 6. The molecule has 0 fully saturated rings. The number of hydrogen-bond acceptors (Lipinski definition) is 3. The number of nitrogens with one attached hydrogen (secondary N) is 2. The SMILES string of the molecule is O=C(NCCC=Cc1cccc2c(=O)cc[nH]c12)OCC1c2ccccc2-c2ccccc21. The second-order valence-electron chi connectivity index (χ2n) is 8.06. The summed E-state index contributed by atoms with van der Waals surface area (Å²) in [6.45, 7) is 0.771. The van der Waals surface area contributed by atoms with Gasteiger partial charge in [0.25, 0.3) is 0 Å². The summed E-state index contributed by atoms with van der Waals surface area (Å²) in [5.74, 6) is 0.0524. The molecule has 1 heterocycles. The van der Waals surface area contributed by atoms with Crippen LogP contribution < -0.4 is 10.7 Å². The predicted molar refractivity (Wildman–Crippen MR) is 131 cm³/mol. The maximum absolute atomic E-state index is 12.3. The number of H-pyrrole nitrogens is 1. The maximum Gasteiger partial charge on any atom is 0.407 e. The predicted octanol–water partition coefficient (Wildman–Crippen LogP) is 5.47. The van der Waals surface area contributed by atoms with Crippen molar-refractivity contribution in [3.05, 3.63) is 112 Å². The summed E-state index contributed by atoms with van der Waals surface area (Å²) < 4.78 is 5.56. The molecule has 0 saturated carbocycles. The first-order valence-corrected chi connectivity index (χ1v) is 11.1. The molecule has 0 unspecified atom stereocenters. The number of benzene rings is 3. The Kier molecular flexibility index (Phi) is 5.77. The van der Waals surface area contributed by atoms with Crippen molar-refractivity contribution in [2.24, 2.45) is 0 Å². The van der Waals surface area contributed by atoms with E-state index in [9.17, 15) is 9.59 Å². The molecule has 1 aliphatic rings. The van der Waals surface area contributed by atoms with Gasteiger partial charge in [0.2, 0.25) is 0 Å². The van der Waals surface area contributed by atoms with Gasteiger partial charge in [-0.15, -0.1) is 0 Å². The minimum absolute atomic E-state index is 0.00378. The highest BCUT2D eigenvalue weighted by atomic mass is 16.5. The van der Waals surface area contributed by atoms with E-state index in [0.717, 1.165) is 11.1 Å². The number of aromatic nitrogens is 1. The number of hydrogen-bond donors (Lipinski definition) is 2. The van der Waals surface area contributed by atoms with Crippen LogP contribution in [0.2, 0.25) is 0 Å². The molecular formula is C28H24N2O3. The highest BCUT2D eigenvalue weighted by Gasteiger charge is 2.28. The fourth-order valence-corrected chi connectivity index (χ4v) is 4.48. The molecule has 1 aromatic heterocycles. The largest absolute Gasteiger partial charge is 0.449 e. The fraction of sp³-hybridized carbons (Fsp3) is 0.143. The quantitative estimate of drug-likeness (QED) is 0.394. The van der Waals surface area contributed by atoms with Crippen LogP contribution in [0.15, 0.2) is 89.9 Å². The lowest BCUT2D eigenvalue weighted by Crippen LogP contribution is -2.26. The van der Waals surface area contributed by atoms with Gasteiger partial charge in [-0.05, 0) is 40.3 Å². The van der Waals surface area contributed by atoms with Crippen LogP contribution in [0.4, 0.5) is 4.79 Å². The number of aromatic amines is 1. The van der Waals surface area contributed by atoms with E-state index in [1.165, 1.54) is 28.3 Å². The number of carbonyl (C=O) groups excluding carboxylic acids is 1. The van der Waals surface area contributed by atoms with Gasteiger partial charge in [0.15, 0.2) is 5.43 Å². The third-order valence-electron chi connectivity index (χ3n) is 6.05. The topological polar surface area (TPSA) is 71.2 Å². The molecule has 0 spiro atoms. The average molecular weight is 437 g/mol. The van der Waals surface area contributed by atoms with Gasteiger partial charge in [-0.25, -0.2) is 4.79 Å². The summed E-state index contributed by atoms with van der Waals surface area (Å²) in [6, 6.07) is 23.7. The molecule has 3 aromatic carbocycles. The van der Waals surface area contributed by atoms with Crippen LogP contribution in [0, 0.1) is 0 Å². The fourth-order valence-electron chi connectivity index (χ4n) is 4.48. The molecule has 2 N–H and O–H groups in total. The van der Waals surface area contributed by atoms with Crippen LogP contribution in [0.1, 0.15) is 29.0 Å². The lowest BCUT2D eigenvalue weighted by molar-refractivity contribution is 0.143. The molecule has 5 rings (SSSR count). The van der Waals surface area contributed by atoms with Crippen LogP contribution >= 0.6 is 0 Å². The Bertz CT molecular complexity index is 1360. The van der Waals surface area contributed by atoms with Crippen LogP contribution in [0.25, 0.3) is 28.1 Å². The van der Waals surface area contributed by atoms with Gasteiger partial charge < -0.3 is 15.0 Å². The zero-order valence-electron chi connectivity index (χ0n) is 18.1. The van der Waals surface area contributed by atoms with Crippen molar-refractivity contribution in [3.8, 4) is 11.1 Å². The molecule has 1 amide bonds. The van der Waals surface area contributed by atoms with Gasteiger partial charge in [0.05, 0.1) is 5.52 Å². The first-order valence-electron chi connectivity index (χ1n) is 11.1. The summed E-state index contributed by atoms with van der Waals surface area (Å²) >= 11 is 0. The second-order valence-corrected chi connectivity index (χ2v) is 8.06. The van der Waals surface area contributed by atoms with Crippen molar-refractivity contribution in [1.82, 2.24) is 10.3 Å². The Morgan fingerprint density at radius 1 is 0.939 bits per heavy atom. The van der Waals surface area contributed by atoms with E-state index in [0.29, 0.717) is 25.0 Å². The molecule has 0 bridgehead atoms. The Balaban J connectivity index is 1.15. The highest BCUT2D eigenvalue weighted by Crippen LogP contribution is 2.44. The first kappa shape index (κ1) is 20.8. The zero-order chi connectivity index (χ0) is 22.6. The molecule has 0 radical (unpaired) electrons. The minimum Gasteiger partial charge on any atom is -0.449 e. The number of fused-ring (bicyclic) bond motifs is 4. The summed E-state index contributed by atoms with van der Waals surface area (Å²) in [6.07, 6.45) is 5.82. The van der Waals surface area contributed by atoms with E-state index >= 15 is 0 Å². The Morgan fingerprint density at radius 3 is 2.42 bits per heavy atom. The van der Waals surface area contributed by atoms with Gasteiger partial charge in [0, 0.05) is 30.1 Å². The third kappa shape index (κ3) is 4.17. The van der Waals surface area contributed by atoms with Gasteiger partial charge in [-0.2, -0.15) is 0 Å². The third-order valence-corrected chi connectivity index (χ3v) is 6.05. The molecule has 33 heavy (non-hydrogen) atoms. The molecular weight excluding hydrogens is 412 g/mol. The molecule has 0 saturated heterocycles. The number of pyridine rings is 1. The van der Waals surface area contributed by atoms with Crippen molar-refractivity contribution in [1.29, 1.82) is 0 Å². The highest BCUT2D eigenvalue weighted by molar-refractivity contribution is 5.86. The lowest BCUT2D eigenvalue weighted by atomic mass is 9.98. The van der Waals surface area contributed by atoms with Crippen LogP contribution in [0.5, 0.6) is 0 Å². The van der Waals surface area contributed by atoms with Crippen molar-refractivity contribution < 1.29 is 9.53 Å². The monoisotopic (exact) mass is 436 g/mol. The summed E-state index contributed by atoms with van der Waals surface area (Å²) in [5.41, 5.74) is 6.56. The van der Waals surface area contributed by atoms with Crippen molar-refractivity contribution in [2.75, 3.05) is 13.2 Å². The Hall–Kier alpha value is -4.12. The Morgan fingerprint density at radius 2 is 1.67 bits per heavy atom. The van der Waals surface area contributed by atoms with E-state index < -0.39 is 6.09 Å². The molecule has 4 aromatic rings. The van der Waals surface area contributed by atoms with E-state index in [-0.39, 0.29) is 11.3 Å². The van der Waals surface area contributed by atoms with E-state index in [1.54, 1.807) is 6.20 Å². The summed E-state index contributed by atoms with van der Waals surface area (Å²) in [4.78, 5) is 27.4. The second kappa shape index (κ2) is 9.17. The molecule has 1 aliphatic carbocycles. The lowest BCUT2D eigenvalue weighted by Gasteiger charge is -2.14. The van der Waals surface area contributed by atoms with E-state index in [1.807, 2.05) is 54.6 Å². The van der Waals surface area contributed by atoms with Crippen LogP contribution in [-0.2, 0) is 4.74 Å². The number of para-hydroxylation sites is 1. The number of ether oxygens (including phenoxy) is 1. The van der Waals surface area contributed by atoms with E-state index in [4.69, 9.17) is 4.74 Å². The number of alkyl carbamates (subject to hydrolysis) is 1. The standard InChI is InChI=1S/C28H24N2O3/c31-26-15-17-29-27-19(9-7-14-24(26)27)8-5-6-16-30-28(32)33-18-25-22-12-3-1-10-20(22)21-11-2-4-13-23(21)25/h1-5,7-15,17,25H,6,16,18H2,(H,29,31)(H,30,32). The maximum atomic E-state index is 12.3. The number of carbonyl (C=O) groups is 1. The van der Waals surface area contributed by atoms with Crippen molar-refractivity contribution in [2.45, 2.75) is 12.3 Å². The Labute approximate surface area is 191 Å². The van der Waals surface area contributed by atoms with Crippen LogP contribution in [-0.4, -0.2) is 24.2 Å². The molecule has 5 nitrogen and oxygen atoms in total. The zero-order valence-corrected chi connectivity index (χ0v) is 18.1. The molecule has 0 aliphatic heterocycles. The van der Waals surface area contributed by atoms with Crippen LogP contribution in [0.3, 0.4) is 0 Å². The molecule has 0 atom stereocenters. The van der Waals surface area contributed by atoms with Gasteiger partial charge in [-0.1, -0.05) is 72.8 Å². The van der Waals surface area contributed by atoms with Crippen molar-refractivity contribution >= 4 is 23.1 Å². The van der Waals surface area contributed by atoms with E-state index in [2.05, 4.69) is 34.6 Å². The normalized spacial score (nSPS) is 12.6. The first-order chi connectivity index (χ1) is 16.2. The molecule has 164 valence electrons.